The SMILES string of the molecule is CCn1nccc1-c1ncccc1CCl. The quantitative estimate of drug-likeness (QED) is 0.747. The first-order valence-electron chi connectivity index (χ1n) is 4.89. The zero-order valence-corrected chi connectivity index (χ0v) is 9.28. The molecule has 0 saturated heterocycles. The van der Waals surface area contributed by atoms with Gasteiger partial charge in [0.15, 0.2) is 0 Å². The Kier molecular flexibility index (Phi) is 3.02. The number of hydrogen-bond donors (Lipinski definition) is 0. The first-order valence-corrected chi connectivity index (χ1v) is 5.42. The lowest BCUT2D eigenvalue weighted by Crippen LogP contribution is -2.01. The molecule has 0 spiro atoms. The molecule has 0 fully saturated rings. The second-order valence-electron chi connectivity index (χ2n) is 3.18. The van der Waals surface area contributed by atoms with E-state index < -0.39 is 0 Å². The van der Waals surface area contributed by atoms with Crippen molar-refractivity contribution in [3.63, 3.8) is 0 Å². The third kappa shape index (κ3) is 1.88. The molecule has 4 heteroatoms. The summed E-state index contributed by atoms with van der Waals surface area (Å²) in [5, 5.41) is 4.22. The third-order valence-electron chi connectivity index (χ3n) is 2.29. The van der Waals surface area contributed by atoms with Crippen LogP contribution in [0.1, 0.15) is 12.5 Å². The maximum absolute atomic E-state index is 5.87. The van der Waals surface area contributed by atoms with Crippen LogP contribution < -0.4 is 0 Å². The Morgan fingerprint density at radius 2 is 2.20 bits per heavy atom. The van der Waals surface area contributed by atoms with E-state index in [4.69, 9.17) is 11.6 Å². The number of halogens is 1. The average molecular weight is 222 g/mol. The van der Waals surface area contributed by atoms with Gasteiger partial charge in [0, 0.05) is 24.8 Å². The van der Waals surface area contributed by atoms with Crippen LogP contribution in [0.4, 0.5) is 0 Å². The molecule has 2 aromatic heterocycles. The van der Waals surface area contributed by atoms with E-state index >= 15 is 0 Å². The molecule has 15 heavy (non-hydrogen) atoms. The minimum Gasteiger partial charge on any atom is -0.264 e. The maximum atomic E-state index is 5.87. The molecule has 0 amide bonds. The number of aromatic nitrogens is 3. The van der Waals surface area contributed by atoms with Gasteiger partial charge in [0.05, 0.1) is 11.4 Å². The summed E-state index contributed by atoms with van der Waals surface area (Å²) in [6.45, 7) is 2.89. The Labute approximate surface area is 93.7 Å². The summed E-state index contributed by atoms with van der Waals surface area (Å²) < 4.78 is 1.92. The van der Waals surface area contributed by atoms with E-state index in [0.29, 0.717) is 5.88 Å². The van der Waals surface area contributed by atoms with E-state index in [9.17, 15) is 0 Å². The topological polar surface area (TPSA) is 30.7 Å². The Hall–Kier alpha value is -1.35. The van der Waals surface area contributed by atoms with Crippen molar-refractivity contribution in [2.45, 2.75) is 19.3 Å². The lowest BCUT2D eigenvalue weighted by Gasteiger charge is -2.07. The van der Waals surface area contributed by atoms with Gasteiger partial charge in [0.1, 0.15) is 0 Å². The summed E-state index contributed by atoms with van der Waals surface area (Å²) in [6.07, 6.45) is 3.56. The maximum Gasteiger partial charge on any atom is 0.0926 e. The van der Waals surface area contributed by atoms with E-state index in [2.05, 4.69) is 17.0 Å². The summed E-state index contributed by atoms with van der Waals surface area (Å²) in [6, 6.07) is 5.85. The minimum atomic E-state index is 0.470. The van der Waals surface area contributed by atoms with Crippen LogP contribution >= 0.6 is 11.6 Å². The fourth-order valence-corrected chi connectivity index (χ4v) is 1.78. The van der Waals surface area contributed by atoms with Crippen molar-refractivity contribution in [2.24, 2.45) is 0 Å². The molecule has 0 atom stereocenters. The van der Waals surface area contributed by atoms with Gasteiger partial charge < -0.3 is 0 Å². The summed E-state index contributed by atoms with van der Waals surface area (Å²) in [5.41, 5.74) is 2.98. The molecule has 0 radical (unpaired) electrons. The molecule has 0 N–H and O–H groups in total. The van der Waals surface area contributed by atoms with Crippen molar-refractivity contribution in [1.29, 1.82) is 0 Å². The summed E-state index contributed by atoms with van der Waals surface area (Å²) in [7, 11) is 0. The molecular formula is C11H12ClN3. The normalized spacial score (nSPS) is 10.5. The van der Waals surface area contributed by atoms with Gasteiger partial charge in [0.25, 0.3) is 0 Å². The monoisotopic (exact) mass is 221 g/mol. The Balaban J connectivity index is 2.53. The lowest BCUT2D eigenvalue weighted by atomic mass is 10.1. The Bertz CT molecular complexity index is 451. The smallest absolute Gasteiger partial charge is 0.0926 e. The molecular weight excluding hydrogens is 210 g/mol. The molecule has 3 nitrogen and oxygen atoms in total. The second kappa shape index (κ2) is 4.45. The summed E-state index contributed by atoms with van der Waals surface area (Å²) in [5.74, 6) is 0.470. The predicted octanol–water partition coefficient (Wildman–Crippen LogP) is 2.70. The first kappa shape index (κ1) is 10.2. The molecule has 0 saturated carbocycles. The van der Waals surface area contributed by atoms with Crippen molar-refractivity contribution in [3.05, 3.63) is 36.2 Å². The molecule has 0 aliphatic carbocycles. The van der Waals surface area contributed by atoms with Gasteiger partial charge in [-0.2, -0.15) is 5.10 Å². The van der Waals surface area contributed by atoms with Crippen LogP contribution in [0.2, 0.25) is 0 Å². The van der Waals surface area contributed by atoms with Gasteiger partial charge in [0.2, 0.25) is 0 Å². The van der Waals surface area contributed by atoms with Gasteiger partial charge in [-0.25, -0.2) is 0 Å². The van der Waals surface area contributed by atoms with E-state index in [-0.39, 0.29) is 0 Å². The molecule has 2 rings (SSSR count). The van der Waals surface area contributed by atoms with Crippen LogP contribution in [0.25, 0.3) is 11.4 Å². The first-order chi connectivity index (χ1) is 7.36. The van der Waals surface area contributed by atoms with Gasteiger partial charge in [-0.15, -0.1) is 11.6 Å². The number of nitrogens with zero attached hydrogens (tertiary/aromatic N) is 3. The highest BCUT2D eigenvalue weighted by atomic mass is 35.5. The van der Waals surface area contributed by atoms with Crippen molar-refractivity contribution in [1.82, 2.24) is 14.8 Å². The standard InChI is InChI=1S/C11H12ClN3/c1-2-15-10(5-7-14-15)11-9(8-12)4-3-6-13-11/h3-7H,2,8H2,1H3. The number of hydrogen-bond acceptors (Lipinski definition) is 2. The molecule has 0 aliphatic heterocycles. The molecule has 78 valence electrons. The van der Waals surface area contributed by atoms with Gasteiger partial charge in [-0.05, 0) is 24.6 Å². The van der Waals surface area contributed by atoms with Crippen molar-refractivity contribution in [3.8, 4) is 11.4 Å². The number of alkyl halides is 1. The molecule has 2 aromatic rings. The van der Waals surface area contributed by atoms with E-state index in [1.54, 1.807) is 12.4 Å². The van der Waals surface area contributed by atoms with Crippen molar-refractivity contribution in [2.75, 3.05) is 0 Å². The van der Waals surface area contributed by atoms with Gasteiger partial charge in [-0.3, -0.25) is 9.67 Å². The predicted molar refractivity (Wildman–Crippen MR) is 60.7 cm³/mol. The number of aryl methyl sites for hydroxylation is 1. The lowest BCUT2D eigenvalue weighted by molar-refractivity contribution is 0.665. The van der Waals surface area contributed by atoms with Crippen molar-refractivity contribution >= 4 is 11.6 Å². The highest BCUT2D eigenvalue weighted by Crippen LogP contribution is 2.21. The summed E-state index contributed by atoms with van der Waals surface area (Å²) >= 11 is 5.87. The highest BCUT2D eigenvalue weighted by molar-refractivity contribution is 6.17. The zero-order chi connectivity index (χ0) is 10.7. The van der Waals surface area contributed by atoms with Crippen molar-refractivity contribution < 1.29 is 0 Å². The number of pyridine rings is 1. The van der Waals surface area contributed by atoms with E-state index in [1.807, 2.05) is 22.9 Å². The largest absolute Gasteiger partial charge is 0.264 e. The average Bonchev–Trinajstić information content (AvgIpc) is 2.76. The fourth-order valence-electron chi connectivity index (χ4n) is 1.56. The van der Waals surface area contributed by atoms with Crippen LogP contribution in [0, 0.1) is 0 Å². The van der Waals surface area contributed by atoms with Gasteiger partial charge in [-0.1, -0.05) is 6.07 Å². The zero-order valence-electron chi connectivity index (χ0n) is 8.52. The summed E-state index contributed by atoms with van der Waals surface area (Å²) in [4.78, 5) is 4.36. The highest BCUT2D eigenvalue weighted by Gasteiger charge is 2.09. The van der Waals surface area contributed by atoms with Crippen LogP contribution in [0.15, 0.2) is 30.6 Å². The second-order valence-corrected chi connectivity index (χ2v) is 3.44. The van der Waals surface area contributed by atoms with Crippen LogP contribution in [-0.2, 0) is 12.4 Å². The molecule has 2 heterocycles. The third-order valence-corrected chi connectivity index (χ3v) is 2.58. The molecule has 0 aliphatic rings. The van der Waals surface area contributed by atoms with E-state index in [1.165, 1.54) is 0 Å². The van der Waals surface area contributed by atoms with Crippen LogP contribution in [0.3, 0.4) is 0 Å². The minimum absolute atomic E-state index is 0.470. The van der Waals surface area contributed by atoms with Gasteiger partial charge >= 0.3 is 0 Å². The van der Waals surface area contributed by atoms with Crippen LogP contribution in [-0.4, -0.2) is 14.8 Å². The fraction of sp³-hybridized carbons (Fsp3) is 0.273. The molecule has 0 bridgehead atoms. The Morgan fingerprint density at radius 1 is 1.33 bits per heavy atom. The number of rotatable bonds is 3. The van der Waals surface area contributed by atoms with Crippen LogP contribution in [0.5, 0.6) is 0 Å². The van der Waals surface area contributed by atoms with E-state index in [0.717, 1.165) is 23.5 Å². The Morgan fingerprint density at radius 3 is 2.93 bits per heavy atom. The molecule has 0 unspecified atom stereocenters. The molecule has 0 aromatic carbocycles.